The van der Waals surface area contributed by atoms with Crippen molar-refractivity contribution in [2.75, 3.05) is 18.5 Å². The van der Waals surface area contributed by atoms with Crippen molar-refractivity contribution >= 4 is 23.3 Å². The molecule has 92 valence electrons. The molecule has 1 aliphatic rings. The normalized spacial score (nSPS) is 15.4. The highest BCUT2D eigenvalue weighted by Gasteiger charge is 2.21. The van der Waals surface area contributed by atoms with E-state index in [1.807, 2.05) is 11.9 Å². The van der Waals surface area contributed by atoms with Crippen LogP contribution in [0.5, 0.6) is 0 Å². The molecule has 0 bridgehead atoms. The third-order valence-corrected chi connectivity index (χ3v) is 3.59. The number of carboxylic acid groups (broad SMARTS) is 1. The predicted molar refractivity (Wildman–Crippen MR) is 69.0 cm³/mol. The van der Waals surface area contributed by atoms with Gasteiger partial charge in [0.2, 0.25) is 0 Å². The van der Waals surface area contributed by atoms with Crippen molar-refractivity contribution in [1.29, 1.82) is 0 Å². The molecule has 3 nitrogen and oxygen atoms in total. The fourth-order valence-corrected chi connectivity index (χ4v) is 2.33. The second-order valence-corrected chi connectivity index (χ2v) is 5.08. The molecule has 0 aromatic heterocycles. The van der Waals surface area contributed by atoms with E-state index in [0.717, 1.165) is 6.54 Å². The van der Waals surface area contributed by atoms with Crippen LogP contribution < -0.4 is 4.90 Å². The SMILES string of the molecule is CN(CC1CCC1)c1cc(Cl)ccc1C(=O)O. The predicted octanol–water partition coefficient (Wildman–Crippen LogP) is 3.27. The Kier molecular flexibility index (Phi) is 3.57. The van der Waals surface area contributed by atoms with Crippen LogP contribution in [0.1, 0.15) is 29.6 Å². The van der Waals surface area contributed by atoms with Gasteiger partial charge in [-0.2, -0.15) is 0 Å². The first kappa shape index (κ1) is 12.2. The van der Waals surface area contributed by atoms with E-state index in [0.29, 0.717) is 22.2 Å². The van der Waals surface area contributed by atoms with Crippen molar-refractivity contribution in [3.05, 3.63) is 28.8 Å². The van der Waals surface area contributed by atoms with Gasteiger partial charge in [0, 0.05) is 18.6 Å². The molecule has 0 spiro atoms. The van der Waals surface area contributed by atoms with E-state index < -0.39 is 5.97 Å². The summed E-state index contributed by atoms with van der Waals surface area (Å²) in [6.07, 6.45) is 3.78. The van der Waals surface area contributed by atoms with Crippen LogP contribution in [-0.4, -0.2) is 24.7 Å². The number of anilines is 1. The Bertz CT molecular complexity index is 429. The topological polar surface area (TPSA) is 40.5 Å². The maximum atomic E-state index is 11.1. The Morgan fingerprint density at radius 2 is 2.24 bits per heavy atom. The maximum Gasteiger partial charge on any atom is 0.337 e. The third-order valence-electron chi connectivity index (χ3n) is 3.36. The quantitative estimate of drug-likeness (QED) is 0.895. The van der Waals surface area contributed by atoms with Gasteiger partial charge in [-0.05, 0) is 37.0 Å². The minimum absolute atomic E-state index is 0.316. The Labute approximate surface area is 106 Å². The number of nitrogens with zero attached hydrogens (tertiary/aromatic N) is 1. The van der Waals surface area contributed by atoms with Crippen LogP contribution in [-0.2, 0) is 0 Å². The zero-order chi connectivity index (χ0) is 12.4. The van der Waals surface area contributed by atoms with E-state index in [2.05, 4.69) is 0 Å². The highest BCUT2D eigenvalue weighted by molar-refractivity contribution is 6.31. The van der Waals surface area contributed by atoms with E-state index >= 15 is 0 Å². The molecule has 0 amide bonds. The number of halogens is 1. The van der Waals surface area contributed by atoms with Crippen LogP contribution in [0, 0.1) is 5.92 Å². The number of rotatable bonds is 4. The first-order chi connectivity index (χ1) is 8.08. The molecule has 1 N–H and O–H groups in total. The van der Waals surface area contributed by atoms with Crippen LogP contribution in [0.15, 0.2) is 18.2 Å². The zero-order valence-corrected chi connectivity index (χ0v) is 10.6. The zero-order valence-electron chi connectivity index (χ0n) is 9.82. The lowest BCUT2D eigenvalue weighted by Gasteiger charge is -2.32. The first-order valence-corrected chi connectivity index (χ1v) is 6.19. The summed E-state index contributed by atoms with van der Waals surface area (Å²) in [4.78, 5) is 13.1. The van der Waals surface area contributed by atoms with Crippen LogP contribution in [0.4, 0.5) is 5.69 Å². The molecule has 0 aliphatic heterocycles. The molecule has 1 aromatic carbocycles. The first-order valence-electron chi connectivity index (χ1n) is 5.82. The number of aromatic carboxylic acids is 1. The number of carbonyl (C=O) groups is 1. The van der Waals surface area contributed by atoms with Gasteiger partial charge >= 0.3 is 5.97 Å². The van der Waals surface area contributed by atoms with Crippen molar-refractivity contribution in [2.24, 2.45) is 5.92 Å². The summed E-state index contributed by atoms with van der Waals surface area (Å²) in [5.74, 6) is -0.210. The van der Waals surface area contributed by atoms with Gasteiger partial charge in [-0.25, -0.2) is 4.79 Å². The maximum absolute atomic E-state index is 11.1. The molecule has 17 heavy (non-hydrogen) atoms. The van der Waals surface area contributed by atoms with E-state index in [1.165, 1.54) is 19.3 Å². The molecule has 0 unspecified atom stereocenters. The second-order valence-electron chi connectivity index (χ2n) is 4.64. The van der Waals surface area contributed by atoms with Crippen molar-refractivity contribution in [3.8, 4) is 0 Å². The Hall–Kier alpha value is -1.22. The number of carboxylic acids is 1. The van der Waals surface area contributed by atoms with Gasteiger partial charge < -0.3 is 10.0 Å². The summed E-state index contributed by atoms with van der Waals surface area (Å²) in [5.41, 5.74) is 1.02. The van der Waals surface area contributed by atoms with E-state index in [9.17, 15) is 4.79 Å². The Balaban J connectivity index is 2.21. The molecule has 1 fully saturated rings. The fraction of sp³-hybridized carbons (Fsp3) is 0.462. The highest BCUT2D eigenvalue weighted by Crippen LogP contribution is 2.30. The van der Waals surface area contributed by atoms with Crippen LogP contribution in [0.3, 0.4) is 0 Å². The van der Waals surface area contributed by atoms with Crippen molar-refractivity contribution in [1.82, 2.24) is 0 Å². The van der Waals surface area contributed by atoms with Gasteiger partial charge in [-0.15, -0.1) is 0 Å². The summed E-state index contributed by atoms with van der Waals surface area (Å²) in [7, 11) is 1.93. The smallest absolute Gasteiger partial charge is 0.337 e. The van der Waals surface area contributed by atoms with Crippen molar-refractivity contribution in [2.45, 2.75) is 19.3 Å². The van der Waals surface area contributed by atoms with Gasteiger partial charge in [0.25, 0.3) is 0 Å². The minimum Gasteiger partial charge on any atom is -0.478 e. The highest BCUT2D eigenvalue weighted by atomic mass is 35.5. The van der Waals surface area contributed by atoms with Crippen LogP contribution in [0.25, 0.3) is 0 Å². The molecule has 0 saturated heterocycles. The third kappa shape index (κ3) is 2.72. The molecule has 0 heterocycles. The van der Waals surface area contributed by atoms with Gasteiger partial charge in [-0.3, -0.25) is 0 Å². The molecule has 1 aromatic rings. The summed E-state index contributed by atoms with van der Waals surface area (Å²) >= 11 is 5.93. The fourth-order valence-electron chi connectivity index (χ4n) is 2.16. The van der Waals surface area contributed by atoms with Crippen LogP contribution >= 0.6 is 11.6 Å². The minimum atomic E-state index is -0.905. The number of benzene rings is 1. The average Bonchev–Trinajstić information content (AvgIpc) is 2.22. The van der Waals surface area contributed by atoms with E-state index in [4.69, 9.17) is 16.7 Å². The molecule has 0 radical (unpaired) electrons. The van der Waals surface area contributed by atoms with Gasteiger partial charge in [0.05, 0.1) is 11.3 Å². The summed E-state index contributed by atoms with van der Waals surface area (Å²) in [5, 5.41) is 9.72. The average molecular weight is 254 g/mol. The lowest BCUT2D eigenvalue weighted by molar-refractivity contribution is 0.0697. The van der Waals surface area contributed by atoms with Crippen molar-refractivity contribution < 1.29 is 9.90 Å². The summed E-state index contributed by atoms with van der Waals surface area (Å²) in [6, 6.07) is 4.91. The van der Waals surface area contributed by atoms with E-state index in [1.54, 1.807) is 18.2 Å². The molecular formula is C13H16ClNO2. The van der Waals surface area contributed by atoms with Gasteiger partial charge in [-0.1, -0.05) is 18.0 Å². The largest absolute Gasteiger partial charge is 0.478 e. The van der Waals surface area contributed by atoms with Gasteiger partial charge in [0.1, 0.15) is 0 Å². The summed E-state index contributed by atoms with van der Waals surface area (Å²) in [6.45, 7) is 0.903. The van der Waals surface area contributed by atoms with Crippen LogP contribution in [0.2, 0.25) is 5.02 Å². The molecule has 0 atom stereocenters. The van der Waals surface area contributed by atoms with Gasteiger partial charge in [0.15, 0.2) is 0 Å². The Morgan fingerprint density at radius 1 is 1.53 bits per heavy atom. The number of hydrogen-bond donors (Lipinski definition) is 1. The number of hydrogen-bond acceptors (Lipinski definition) is 2. The molecule has 2 rings (SSSR count). The molecule has 4 heteroatoms. The van der Waals surface area contributed by atoms with E-state index in [-0.39, 0.29) is 0 Å². The molecule has 1 saturated carbocycles. The monoisotopic (exact) mass is 253 g/mol. The van der Waals surface area contributed by atoms with Crippen molar-refractivity contribution in [3.63, 3.8) is 0 Å². The lowest BCUT2D eigenvalue weighted by Crippen LogP contribution is -2.30. The summed E-state index contributed by atoms with van der Waals surface area (Å²) < 4.78 is 0. The molecule has 1 aliphatic carbocycles. The Morgan fingerprint density at radius 3 is 2.76 bits per heavy atom. The molecular weight excluding hydrogens is 238 g/mol. The second kappa shape index (κ2) is 4.96. The lowest BCUT2D eigenvalue weighted by atomic mass is 9.85. The standard InChI is InChI=1S/C13H16ClNO2/c1-15(8-9-3-2-4-9)12-7-10(14)5-6-11(12)13(16)17/h5-7,9H,2-4,8H2,1H3,(H,16,17).